The molecule has 0 atom stereocenters. The molecule has 6 heteroatoms. The van der Waals surface area contributed by atoms with Crippen molar-refractivity contribution in [1.29, 1.82) is 0 Å². The van der Waals surface area contributed by atoms with Gasteiger partial charge >= 0.3 is 0 Å². The zero-order valence-corrected chi connectivity index (χ0v) is 9.87. The summed E-state index contributed by atoms with van der Waals surface area (Å²) >= 11 is 0. The van der Waals surface area contributed by atoms with Crippen molar-refractivity contribution >= 4 is 10.0 Å². The molecular weight excluding hydrogens is 214 g/mol. The largest absolute Gasteiger partial charge is 0.336 e. The Balaban J connectivity index is 2.77. The second-order valence-electron chi connectivity index (χ2n) is 3.64. The van der Waals surface area contributed by atoms with Gasteiger partial charge < -0.3 is 4.57 Å². The van der Waals surface area contributed by atoms with Crippen molar-refractivity contribution in [3.05, 3.63) is 12.5 Å². The highest BCUT2D eigenvalue weighted by molar-refractivity contribution is 7.89. The van der Waals surface area contributed by atoms with Gasteiger partial charge in [0.2, 0.25) is 0 Å². The molecule has 0 amide bonds. The molecule has 1 aromatic heterocycles. The van der Waals surface area contributed by atoms with Crippen molar-refractivity contribution in [3.63, 3.8) is 0 Å². The van der Waals surface area contributed by atoms with Gasteiger partial charge in [-0.15, -0.1) is 0 Å². The Kier molecular flexibility index (Phi) is 3.87. The number of hydrogen-bond acceptors (Lipinski definition) is 3. The number of primary sulfonamides is 1. The van der Waals surface area contributed by atoms with E-state index in [2.05, 4.69) is 18.8 Å². The van der Waals surface area contributed by atoms with Crippen molar-refractivity contribution in [2.75, 3.05) is 0 Å². The molecule has 1 aromatic rings. The third-order valence-electron chi connectivity index (χ3n) is 2.52. The summed E-state index contributed by atoms with van der Waals surface area (Å²) in [4.78, 5) is 3.76. The van der Waals surface area contributed by atoms with Crippen LogP contribution in [0.1, 0.15) is 26.7 Å². The fourth-order valence-corrected chi connectivity index (χ4v) is 1.91. The molecule has 15 heavy (non-hydrogen) atoms. The van der Waals surface area contributed by atoms with Gasteiger partial charge in [-0.1, -0.05) is 26.7 Å². The first kappa shape index (κ1) is 12.2. The normalized spacial score (nSPS) is 12.3. The zero-order chi connectivity index (χ0) is 11.5. The molecule has 0 unspecified atom stereocenters. The van der Waals surface area contributed by atoms with Crippen LogP contribution in [-0.4, -0.2) is 18.0 Å². The second-order valence-corrected chi connectivity index (χ2v) is 5.14. The fraction of sp³-hybridized carbons (Fsp3) is 0.667. The van der Waals surface area contributed by atoms with Crippen LogP contribution >= 0.6 is 0 Å². The van der Waals surface area contributed by atoms with Crippen LogP contribution in [0.4, 0.5) is 0 Å². The number of imidazole rings is 1. The molecule has 0 spiro atoms. The Morgan fingerprint density at radius 3 is 2.47 bits per heavy atom. The predicted molar refractivity (Wildman–Crippen MR) is 57.7 cm³/mol. The van der Waals surface area contributed by atoms with Crippen LogP contribution < -0.4 is 5.14 Å². The molecule has 1 heterocycles. The molecule has 0 saturated carbocycles. The lowest BCUT2D eigenvalue weighted by Gasteiger charge is -2.11. The van der Waals surface area contributed by atoms with Crippen LogP contribution in [0, 0.1) is 5.92 Å². The molecule has 0 radical (unpaired) electrons. The minimum Gasteiger partial charge on any atom is -0.336 e. The first-order valence-electron chi connectivity index (χ1n) is 5.02. The van der Waals surface area contributed by atoms with E-state index < -0.39 is 10.0 Å². The molecule has 86 valence electrons. The second kappa shape index (κ2) is 4.76. The van der Waals surface area contributed by atoms with Crippen molar-refractivity contribution in [2.45, 2.75) is 38.3 Å². The van der Waals surface area contributed by atoms with E-state index >= 15 is 0 Å². The van der Waals surface area contributed by atoms with Crippen LogP contribution in [0.25, 0.3) is 0 Å². The number of nitrogens with zero attached hydrogens (tertiary/aromatic N) is 2. The molecule has 0 aliphatic carbocycles. The minimum atomic E-state index is -3.66. The van der Waals surface area contributed by atoms with Crippen LogP contribution in [0.2, 0.25) is 0 Å². The van der Waals surface area contributed by atoms with E-state index in [0.29, 0.717) is 5.92 Å². The smallest absolute Gasteiger partial charge is 0.257 e. The molecule has 5 nitrogen and oxygen atoms in total. The van der Waals surface area contributed by atoms with Crippen molar-refractivity contribution in [2.24, 2.45) is 11.1 Å². The maximum atomic E-state index is 11.0. The molecule has 0 saturated heterocycles. The van der Waals surface area contributed by atoms with E-state index in [1.807, 2.05) is 0 Å². The topological polar surface area (TPSA) is 78.0 Å². The monoisotopic (exact) mass is 231 g/mol. The van der Waals surface area contributed by atoms with Gasteiger partial charge in [0.25, 0.3) is 10.0 Å². The van der Waals surface area contributed by atoms with E-state index in [0.717, 1.165) is 19.4 Å². The number of rotatable bonds is 5. The van der Waals surface area contributed by atoms with E-state index in [9.17, 15) is 8.42 Å². The van der Waals surface area contributed by atoms with Crippen molar-refractivity contribution in [3.8, 4) is 0 Å². The number of hydrogen-bond donors (Lipinski definition) is 1. The molecule has 0 bridgehead atoms. The van der Waals surface area contributed by atoms with Gasteiger partial charge in [-0.05, 0) is 5.92 Å². The number of nitrogens with two attached hydrogens (primary N) is 1. The number of aromatic nitrogens is 2. The van der Waals surface area contributed by atoms with E-state index in [1.165, 1.54) is 12.5 Å². The Bertz CT molecular complexity index is 407. The lowest BCUT2D eigenvalue weighted by molar-refractivity contribution is 0.418. The van der Waals surface area contributed by atoms with E-state index in [-0.39, 0.29) is 5.03 Å². The average Bonchev–Trinajstić information content (AvgIpc) is 2.61. The van der Waals surface area contributed by atoms with Gasteiger partial charge in [-0.3, -0.25) is 0 Å². The summed E-state index contributed by atoms with van der Waals surface area (Å²) in [6, 6.07) is 0. The Labute approximate surface area is 90.4 Å². The first-order valence-corrected chi connectivity index (χ1v) is 6.56. The zero-order valence-electron chi connectivity index (χ0n) is 9.05. The molecule has 0 aliphatic heterocycles. The van der Waals surface area contributed by atoms with Gasteiger partial charge in [0.05, 0.1) is 6.33 Å². The summed E-state index contributed by atoms with van der Waals surface area (Å²) < 4.78 is 23.7. The van der Waals surface area contributed by atoms with E-state index in [1.54, 1.807) is 4.57 Å². The van der Waals surface area contributed by atoms with Gasteiger partial charge in [-0.2, -0.15) is 0 Å². The third-order valence-corrected chi connectivity index (χ3v) is 3.32. The molecule has 0 aromatic carbocycles. The van der Waals surface area contributed by atoms with Crippen LogP contribution in [0.15, 0.2) is 17.6 Å². The Morgan fingerprint density at radius 2 is 2.07 bits per heavy atom. The highest BCUT2D eigenvalue weighted by Gasteiger charge is 2.12. The van der Waals surface area contributed by atoms with Crippen LogP contribution in [-0.2, 0) is 16.6 Å². The van der Waals surface area contributed by atoms with Gasteiger partial charge in [0.15, 0.2) is 5.03 Å². The van der Waals surface area contributed by atoms with E-state index in [4.69, 9.17) is 5.14 Å². The van der Waals surface area contributed by atoms with Crippen LogP contribution in [0.3, 0.4) is 0 Å². The molecule has 0 aliphatic rings. The summed E-state index contributed by atoms with van der Waals surface area (Å²) in [6.07, 6.45) is 5.13. The van der Waals surface area contributed by atoms with Crippen molar-refractivity contribution < 1.29 is 8.42 Å². The lowest BCUT2D eigenvalue weighted by Crippen LogP contribution is -2.12. The summed E-state index contributed by atoms with van der Waals surface area (Å²) in [6.45, 7) is 5.02. The minimum absolute atomic E-state index is 0.0616. The maximum absolute atomic E-state index is 11.0. The van der Waals surface area contributed by atoms with Gasteiger partial charge in [0, 0.05) is 12.7 Å². The summed E-state index contributed by atoms with van der Waals surface area (Å²) in [5, 5.41) is 4.90. The van der Waals surface area contributed by atoms with Gasteiger partial charge in [0.1, 0.15) is 0 Å². The first-order chi connectivity index (χ1) is 6.97. The SMILES string of the molecule is CCC(CC)Cn1cnc(S(N)(=O)=O)c1. The van der Waals surface area contributed by atoms with Crippen LogP contribution in [0.5, 0.6) is 0 Å². The fourth-order valence-electron chi connectivity index (χ4n) is 1.43. The third kappa shape index (κ3) is 3.32. The highest BCUT2D eigenvalue weighted by atomic mass is 32.2. The molecule has 1 rings (SSSR count). The molecular formula is C9H17N3O2S. The lowest BCUT2D eigenvalue weighted by atomic mass is 10.0. The molecule has 2 N–H and O–H groups in total. The van der Waals surface area contributed by atoms with Gasteiger partial charge in [-0.25, -0.2) is 18.5 Å². The summed E-state index contributed by atoms with van der Waals surface area (Å²) in [5.74, 6) is 0.549. The Hall–Kier alpha value is -0.880. The quantitative estimate of drug-likeness (QED) is 0.820. The predicted octanol–water partition coefficient (Wildman–Crippen LogP) is 0.967. The standard InChI is InChI=1S/C9H17N3O2S/c1-3-8(4-2)5-12-6-9(11-7-12)15(10,13)14/h6-8H,3-5H2,1-2H3,(H2,10,13,14). The summed E-state index contributed by atoms with van der Waals surface area (Å²) in [7, 11) is -3.66. The molecule has 0 fully saturated rings. The highest BCUT2D eigenvalue weighted by Crippen LogP contribution is 2.12. The summed E-state index contributed by atoms with van der Waals surface area (Å²) in [5.41, 5.74) is 0. The maximum Gasteiger partial charge on any atom is 0.257 e. The number of sulfonamides is 1. The van der Waals surface area contributed by atoms with Crippen molar-refractivity contribution in [1.82, 2.24) is 9.55 Å². The average molecular weight is 231 g/mol. The Morgan fingerprint density at radius 1 is 1.47 bits per heavy atom.